The van der Waals surface area contributed by atoms with Gasteiger partial charge < -0.3 is 4.90 Å². The van der Waals surface area contributed by atoms with E-state index in [9.17, 15) is 4.79 Å². The molecule has 2 aliphatic rings. The molecule has 1 aromatic rings. The molecule has 0 N–H and O–H groups in total. The van der Waals surface area contributed by atoms with Gasteiger partial charge >= 0.3 is 0 Å². The minimum Gasteiger partial charge on any atom is -0.303 e. The van der Waals surface area contributed by atoms with Gasteiger partial charge in [0.15, 0.2) is 10.8 Å². The fourth-order valence-electron chi connectivity index (χ4n) is 3.52. The number of carbonyl (C=O) groups is 1. The minimum absolute atomic E-state index is 0.228. The SMILES string of the molecule is Cc1cnc(C(=O)C2CCC[C@@H]2CN2CCCC2)s1. The van der Waals surface area contributed by atoms with Crippen molar-refractivity contribution in [3.8, 4) is 0 Å². The van der Waals surface area contributed by atoms with Gasteiger partial charge in [0.2, 0.25) is 0 Å². The smallest absolute Gasteiger partial charge is 0.194 e. The number of aromatic nitrogens is 1. The Balaban J connectivity index is 1.66. The zero-order chi connectivity index (χ0) is 13.2. The molecule has 0 radical (unpaired) electrons. The number of carbonyl (C=O) groups excluding carboxylic acids is 1. The normalized spacial score (nSPS) is 28.1. The molecule has 0 amide bonds. The van der Waals surface area contributed by atoms with Crippen molar-refractivity contribution in [1.82, 2.24) is 9.88 Å². The van der Waals surface area contributed by atoms with Crippen LogP contribution in [0.3, 0.4) is 0 Å². The maximum atomic E-state index is 12.6. The lowest BCUT2D eigenvalue weighted by molar-refractivity contribution is 0.0873. The molecule has 0 bridgehead atoms. The topological polar surface area (TPSA) is 33.2 Å². The van der Waals surface area contributed by atoms with E-state index < -0.39 is 0 Å². The zero-order valence-corrected chi connectivity index (χ0v) is 12.4. The Hall–Kier alpha value is -0.740. The Bertz CT molecular complexity index is 451. The van der Waals surface area contributed by atoms with E-state index in [1.54, 1.807) is 11.3 Å². The van der Waals surface area contributed by atoms with Crippen LogP contribution in [-0.4, -0.2) is 35.3 Å². The Kier molecular flexibility index (Phi) is 3.99. The first-order valence-corrected chi connectivity index (χ1v) is 8.24. The lowest BCUT2D eigenvalue weighted by atomic mass is 9.91. The monoisotopic (exact) mass is 278 g/mol. The van der Waals surface area contributed by atoms with Crippen molar-refractivity contribution in [2.75, 3.05) is 19.6 Å². The fourth-order valence-corrected chi connectivity index (χ4v) is 4.29. The summed E-state index contributed by atoms with van der Waals surface area (Å²) >= 11 is 1.55. The number of thiazole rings is 1. The van der Waals surface area contributed by atoms with Crippen LogP contribution in [0.1, 0.15) is 46.8 Å². The molecule has 1 aromatic heterocycles. The summed E-state index contributed by atoms with van der Waals surface area (Å²) in [5.41, 5.74) is 0. The summed E-state index contributed by atoms with van der Waals surface area (Å²) in [6.07, 6.45) is 7.98. The number of hydrogen-bond acceptors (Lipinski definition) is 4. The summed E-state index contributed by atoms with van der Waals surface area (Å²) in [6, 6.07) is 0. The Morgan fingerprint density at radius 1 is 1.37 bits per heavy atom. The molecule has 2 heterocycles. The van der Waals surface area contributed by atoms with E-state index in [1.165, 1.54) is 38.8 Å². The largest absolute Gasteiger partial charge is 0.303 e. The molecule has 1 unspecified atom stereocenters. The third-order valence-electron chi connectivity index (χ3n) is 4.52. The molecule has 1 aliphatic carbocycles. The van der Waals surface area contributed by atoms with E-state index in [1.807, 2.05) is 13.1 Å². The molecule has 0 spiro atoms. The molecule has 4 heteroatoms. The number of hydrogen-bond donors (Lipinski definition) is 0. The number of likely N-dealkylation sites (tertiary alicyclic amines) is 1. The van der Waals surface area contributed by atoms with E-state index in [0.717, 1.165) is 22.9 Å². The summed E-state index contributed by atoms with van der Waals surface area (Å²) in [7, 11) is 0. The first-order chi connectivity index (χ1) is 9.24. The highest BCUT2D eigenvalue weighted by Crippen LogP contribution is 2.36. The number of ketones is 1. The van der Waals surface area contributed by atoms with E-state index in [4.69, 9.17) is 0 Å². The third-order valence-corrected chi connectivity index (χ3v) is 5.45. The van der Waals surface area contributed by atoms with Crippen molar-refractivity contribution in [3.05, 3.63) is 16.1 Å². The lowest BCUT2D eigenvalue weighted by Gasteiger charge is -2.23. The molecular weight excluding hydrogens is 256 g/mol. The van der Waals surface area contributed by atoms with Gasteiger partial charge in [-0.1, -0.05) is 6.42 Å². The Morgan fingerprint density at radius 2 is 2.16 bits per heavy atom. The first kappa shape index (κ1) is 13.3. The van der Waals surface area contributed by atoms with Crippen LogP contribution in [0.5, 0.6) is 0 Å². The minimum atomic E-state index is 0.228. The molecule has 2 fully saturated rings. The second-order valence-electron chi connectivity index (χ2n) is 5.95. The van der Waals surface area contributed by atoms with E-state index in [2.05, 4.69) is 9.88 Å². The van der Waals surface area contributed by atoms with Gasteiger partial charge in [0.05, 0.1) is 0 Å². The van der Waals surface area contributed by atoms with Gasteiger partial charge in [0.25, 0.3) is 0 Å². The average Bonchev–Trinajstić information content (AvgIpc) is 3.10. The average molecular weight is 278 g/mol. The van der Waals surface area contributed by atoms with Crippen LogP contribution in [0.4, 0.5) is 0 Å². The predicted molar refractivity (Wildman–Crippen MR) is 77.7 cm³/mol. The van der Waals surface area contributed by atoms with E-state index in [-0.39, 0.29) is 5.92 Å². The molecular formula is C15H22N2OS. The van der Waals surface area contributed by atoms with Crippen LogP contribution < -0.4 is 0 Å². The van der Waals surface area contributed by atoms with Gasteiger partial charge in [-0.05, 0) is 51.6 Å². The molecule has 1 aliphatic heterocycles. The number of Topliss-reactive ketones (excluding diaryl/α,β-unsaturated/α-hetero) is 1. The van der Waals surface area contributed by atoms with Crippen LogP contribution >= 0.6 is 11.3 Å². The third kappa shape index (κ3) is 2.90. The highest BCUT2D eigenvalue weighted by atomic mass is 32.1. The number of nitrogens with zero attached hydrogens (tertiary/aromatic N) is 2. The van der Waals surface area contributed by atoms with Gasteiger partial charge in [-0.2, -0.15) is 0 Å². The second-order valence-corrected chi connectivity index (χ2v) is 7.18. The molecule has 104 valence electrons. The highest BCUT2D eigenvalue weighted by molar-refractivity contribution is 7.13. The summed E-state index contributed by atoms with van der Waals surface area (Å²) < 4.78 is 0. The van der Waals surface area contributed by atoms with Crippen LogP contribution in [0.2, 0.25) is 0 Å². The maximum absolute atomic E-state index is 12.6. The van der Waals surface area contributed by atoms with Crippen molar-refractivity contribution in [2.45, 2.75) is 39.0 Å². The molecule has 3 rings (SSSR count). The highest BCUT2D eigenvalue weighted by Gasteiger charge is 2.35. The molecule has 2 atom stereocenters. The zero-order valence-electron chi connectivity index (χ0n) is 11.6. The van der Waals surface area contributed by atoms with Gasteiger partial charge in [0, 0.05) is 23.5 Å². The van der Waals surface area contributed by atoms with Crippen LogP contribution in [0.15, 0.2) is 6.20 Å². The summed E-state index contributed by atoms with van der Waals surface area (Å²) in [4.78, 5) is 20.5. The maximum Gasteiger partial charge on any atom is 0.194 e. The summed E-state index contributed by atoms with van der Waals surface area (Å²) in [5.74, 6) is 1.10. The van der Waals surface area contributed by atoms with E-state index in [0.29, 0.717) is 11.7 Å². The number of aryl methyl sites for hydroxylation is 1. The quantitative estimate of drug-likeness (QED) is 0.793. The van der Waals surface area contributed by atoms with Gasteiger partial charge in [-0.15, -0.1) is 11.3 Å². The van der Waals surface area contributed by atoms with E-state index >= 15 is 0 Å². The van der Waals surface area contributed by atoms with Gasteiger partial charge in [-0.3, -0.25) is 4.79 Å². The van der Waals surface area contributed by atoms with Crippen LogP contribution in [-0.2, 0) is 0 Å². The standard InChI is InChI=1S/C15H22N2OS/c1-11-9-16-15(19-11)14(18)13-6-4-5-12(13)10-17-7-2-3-8-17/h9,12-13H,2-8,10H2,1H3/t12-,13?/m1/s1. The molecule has 3 nitrogen and oxygen atoms in total. The fraction of sp³-hybridized carbons (Fsp3) is 0.733. The van der Waals surface area contributed by atoms with Gasteiger partial charge in [-0.25, -0.2) is 4.98 Å². The lowest BCUT2D eigenvalue weighted by Crippen LogP contribution is -2.31. The summed E-state index contributed by atoms with van der Waals surface area (Å²) in [5, 5.41) is 0.732. The second kappa shape index (κ2) is 5.71. The first-order valence-electron chi connectivity index (χ1n) is 7.43. The van der Waals surface area contributed by atoms with Gasteiger partial charge in [0.1, 0.15) is 0 Å². The van der Waals surface area contributed by atoms with Crippen molar-refractivity contribution in [1.29, 1.82) is 0 Å². The van der Waals surface area contributed by atoms with Crippen LogP contribution in [0, 0.1) is 18.8 Å². The summed E-state index contributed by atoms with van der Waals surface area (Å²) in [6.45, 7) is 5.60. The molecule has 19 heavy (non-hydrogen) atoms. The number of rotatable bonds is 4. The Labute approximate surface area is 119 Å². The van der Waals surface area contributed by atoms with Crippen molar-refractivity contribution in [2.24, 2.45) is 11.8 Å². The van der Waals surface area contributed by atoms with Crippen molar-refractivity contribution >= 4 is 17.1 Å². The Morgan fingerprint density at radius 3 is 2.84 bits per heavy atom. The molecule has 1 saturated carbocycles. The van der Waals surface area contributed by atoms with Crippen LogP contribution in [0.25, 0.3) is 0 Å². The molecule has 1 saturated heterocycles. The predicted octanol–water partition coefficient (Wildman–Crippen LogP) is 3.15. The molecule has 0 aromatic carbocycles. The van der Waals surface area contributed by atoms with Crippen molar-refractivity contribution in [3.63, 3.8) is 0 Å². The van der Waals surface area contributed by atoms with Crippen molar-refractivity contribution < 1.29 is 4.79 Å².